The first-order valence-electron chi connectivity index (χ1n) is 7.52. The number of hydrogen-bond donors (Lipinski definition) is 0. The highest BCUT2D eigenvalue weighted by molar-refractivity contribution is 6.17. The van der Waals surface area contributed by atoms with Crippen molar-refractivity contribution in [1.29, 1.82) is 0 Å². The number of amides is 1. The van der Waals surface area contributed by atoms with Gasteiger partial charge in [-0.15, -0.1) is 11.6 Å². The molecule has 1 aromatic carbocycles. The van der Waals surface area contributed by atoms with E-state index < -0.39 is 0 Å². The van der Waals surface area contributed by atoms with Gasteiger partial charge in [-0.2, -0.15) is 0 Å². The number of rotatable bonds is 4. The van der Waals surface area contributed by atoms with E-state index in [1.807, 2.05) is 41.3 Å². The van der Waals surface area contributed by atoms with Crippen LogP contribution in [0.5, 0.6) is 0 Å². The van der Waals surface area contributed by atoms with Crippen LogP contribution in [0.15, 0.2) is 36.4 Å². The quantitative estimate of drug-likeness (QED) is 0.804. The summed E-state index contributed by atoms with van der Waals surface area (Å²) < 4.78 is 0. The van der Waals surface area contributed by atoms with Gasteiger partial charge in [0.2, 0.25) is 0 Å². The first-order chi connectivity index (χ1) is 10.3. The third kappa shape index (κ3) is 3.03. The zero-order valence-electron chi connectivity index (χ0n) is 12.0. The molecule has 1 amide bonds. The normalized spacial score (nSPS) is 18.3. The van der Waals surface area contributed by atoms with Gasteiger partial charge in [0.05, 0.1) is 5.52 Å². The van der Waals surface area contributed by atoms with Crippen molar-refractivity contribution in [3.05, 3.63) is 42.1 Å². The average Bonchev–Trinajstić information content (AvgIpc) is 3.00. The molecule has 1 unspecified atom stereocenters. The Morgan fingerprint density at radius 3 is 3.00 bits per heavy atom. The standard InChI is InChI=1S/C17H19ClN2O/c18-11-3-6-14-7-4-12-20(14)17(21)16-10-9-13-5-1-2-8-15(13)19-16/h1-2,5,8-10,14H,3-4,6-7,11-12H2. The van der Waals surface area contributed by atoms with Crippen LogP contribution in [0, 0.1) is 0 Å². The smallest absolute Gasteiger partial charge is 0.272 e. The largest absolute Gasteiger partial charge is 0.334 e. The zero-order chi connectivity index (χ0) is 14.7. The Kier molecular flexibility index (Phi) is 4.39. The molecule has 1 aliphatic heterocycles. The molecule has 0 bridgehead atoms. The summed E-state index contributed by atoms with van der Waals surface area (Å²) in [6, 6.07) is 12.0. The maximum absolute atomic E-state index is 12.7. The highest BCUT2D eigenvalue weighted by Crippen LogP contribution is 2.24. The van der Waals surface area contributed by atoms with Crippen molar-refractivity contribution in [3.63, 3.8) is 0 Å². The molecule has 0 N–H and O–H groups in total. The lowest BCUT2D eigenvalue weighted by atomic mass is 10.1. The number of carbonyl (C=O) groups excluding carboxylic acids is 1. The van der Waals surface area contributed by atoms with E-state index in [0.717, 1.165) is 43.1 Å². The molecule has 2 heterocycles. The maximum atomic E-state index is 12.7. The predicted molar refractivity (Wildman–Crippen MR) is 85.8 cm³/mol. The molecule has 1 atom stereocenters. The van der Waals surface area contributed by atoms with Crippen LogP contribution in [0.2, 0.25) is 0 Å². The van der Waals surface area contributed by atoms with E-state index in [-0.39, 0.29) is 5.91 Å². The fourth-order valence-corrected chi connectivity index (χ4v) is 3.20. The maximum Gasteiger partial charge on any atom is 0.272 e. The van der Waals surface area contributed by atoms with Crippen LogP contribution in [0.4, 0.5) is 0 Å². The summed E-state index contributed by atoms with van der Waals surface area (Å²) in [6.07, 6.45) is 4.10. The zero-order valence-corrected chi connectivity index (χ0v) is 12.7. The lowest BCUT2D eigenvalue weighted by molar-refractivity contribution is 0.0724. The Balaban J connectivity index is 1.82. The van der Waals surface area contributed by atoms with Crippen LogP contribution in [-0.4, -0.2) is 34.3 Å². The first kappa shape index (κ1) is 14.3. The fourth-order valence-electron chi connectivity index (χ4n) is 3.05. The van der Waals surface area contributed by atoms with Gasteiger partial charge in [-0.1, -0.05) is 24.3 Å². The van der Waals surface area contributed by atoms with Gasteiger partial charge < -0.3 is 4.90 Å². The molecule has 4 heteroatoms. The molecule has 3 nitrogen and oxygen atoms in total. The van der Waals surface area contributed by atoms with Gasteiger partial charge in [-0.25, -0.2) is 4.98 Å². The van der Waals surface area contributed by atoms with E-state index in [1.54, 1.807) is 0 Å². The number of alkyl halides is 1. The third-order valence-electron chi connectivity index (χ3n) is 4.13. The van der Waals surface area contributed by atoms with E-state index in [0.29, 0.717) is 17.6 Å². The highest BCUT2D eigenvalue weighted by Gasteiger charge is 2.29. The minimum absolute atomic E-state index is 0.0535. The number of nitrogens with zero attached hydrogens (tertiary/aromatic N) is 2. The molecule has 110 valence electrons. The van der Waals surface area contributed by atoms with E-state index >= 15 is 0 Å². The molecule has 1 fully saturated rings. The van der Waals surface area contributed by atoms with Gasteiger partial charge in [-0.05, 0) is 37.8 Å². The van der Waals surface area contributed by atoms with E-state index in [4.69, 9.17) is 11.6 Å². The minimum atomic E-state index is 0.0535. The number of fused-ring (bicyclic) bond motifs is 1. The second kappa shape index (κ2) is 6.44. The lowest BCUT2D eigenvalue weighted by Gasteiger charge is -2.24. The summed E-state index contributed by atoms with van der Waals surface area (Å²) in [4.78, 5) is 19.2. The number of benzene rings is 1. The van der Waals surface area contributed by atoms with Crippen molar-refractivity contribution < 1.29 is 4.79 Å². The summed E-state index contributed by atoms with van der Waals surface area (Å²) in [5, 5.41) is 1.06. The first-order valence-corrected chi connectivity index (χ1v) is 8.06. The lowest BCUT2D eigenvalue weighted by Crippen LogP contribution is -2.36. The minimum Gasteiger partial charge on any atom is -0.334 e. The van der Waals surface area contributed by atoms with Crippen molar-refractivity contribution in [2.45, 2.75) is 31.7 Å². The summed E-state index contributed by atoms with van der Waals surface area (Å²) in [6.45, 7) is 0.834. The second-order valence-electron chi connectivity index (χ2n) is 5.52. The number of para-hydroxylation sites is 1. The molecular formula is C17H19ClN2O. The van der Waals surface area contributed by atoms with Crippen molar-refractivity contribution in [2.75, 3.05) is 12.4 Å². The van der Waals surface area contributed by atoms with Crippen molar-refractivity contribution in [1.82, 2.24) is 9.88 Å². The van der Waals surface area contributed by atoms with Crippen molar-refractivity contribution in [3.8, 4) is 0 Å². The Morgan fingerprint density at radius 1 is 1.29 bits per heavy atom. The molecular weight excluding hydrogens is 284 g/mol. The molecule has 0 spiro atoms. The highest BCUT2D eigenvalue weighted by atomic mass is 35.5. The molecule has 0 aliphatic carbocycles. The molecule has 2 aromatic rings. The van der Waals surface area contributed by atoms with Crippen molar-refractivity contribution >= 4 is 28.4 Å². The molecule has 3 rings (SSSR count). The molecule has 1 aromatic heterocycles. The molecule has 21 heavy (non-hydrogen) atoms. The van der Waals surface area contributed by atoms with Gasteiger partial charge in [0.25, 0.3) is 5.91 Å². The summed E-state index contributed by atoms with van der Waals surface area (Å²) in [7, 11) is 0. The molecule has 1 aliphatic rings. The Bertz CT molecular complexity index is 643. The van der Waals surface area contributed by atoms with Gasteiger partial charge in [0.1, 0.15) is 5.69 Å². The van der Waals surface area contributed by atoms with E-state index in [2.05, 4.69) is 4.98 Å². The van der Waals surface area contributed by atoms with Gasteiger partial charge >= 0.3 is 0 Å². The number of pyridine rings is 1. The Hall–Kier alpha value is -1.61. The summed E-state index contributed by atoms with van der Waals surface area (Å²) in [5.74, 6) is 0.713. The molecule has 0 radical (unpaired) electrons. The second-order valence-corrected chi connectivity index (χ2v) is 5.89. The number of halogens is 1. The van der Waals surface area contributed by atoms with Crippen LogP contribution in [0.3, 0.4) is 0 Å². The summed E-state index contributed by atoms with van der Waals surface area (Å²) >= 11 is 5.77. The fraction of sp³-hybridized carbons (Fsp3) is 0.412. The topological polar surface area (TPSA) is 33.2 Å². The van der Waals surface area contributed by atoms with Gasteiger partial charge in [0, 0.05) is 23.9 Å². The number of likely N-dealkylation sites (tertiary alicyclic amines) is 1. The monoisotopic (exact) mass is 302 g/mol. The Morgan fingerprint density at radius 2 is 2.14 bits per heavy atom. The van der Waals surface area contributed by atoms with Crippen LogP contribution in [0.1, 0.15) is 36.2 Å². The van der Waals surface area contributed by atoms with Gasteiger partial charge in [-0.3, -0.25) is 4.79 Å². The summed E-state index contributed by atoms with van der Waals surface area (Å²) in [5.41, 5.74) is 1.42. The SMILES string of the molecule is O=C(c1ccc2ccccc2n1)N1CCCC1CCCCl. The average molecular weight is 303 g/mol. The number of aromatic nitrogens is 1. The van der Waals surface area contributed by atoms with Crippen molar-refractivity contribution in [2.24, 2.45) is 0 Å². The van der Waals surface area contributed by atoms with Crippen LogP contribution in [0.25, 0.3) is 10.9 Å². The predicted octanol–water partition coefficient (Wildman–Crippen LogP) is 3.86. The van der Waals surface area contributed by atoms with E-state index in [1.165, 1.54) is 0 Å². The van der Waals surface area contributed by atoms with Crippen LogP contribution in [-0.2, 0) is 0 Å². The molecule has 1 saturated heterocycles. The van der Waals surface area contributed by atoms with Crippen LogP contribution < -0.4 is 0 Å². The third-order valence-corrected chi connectivity index (χ3v) is 4.39. The molecule has 0 saturated carbocycles. The van der Waals surface area contributed by atoms with Crippen LogP contribution >= 0.6 is 11.6 Å². The van der Waals surface area contributed by atoms with Gasteiger partial charge in [0.15, 0.2) is 0 Å². The Labute approximate surface area is 129 Å². The number of carbonyl (C=O) groups is 1. The number of hydrogen-bond acceptors (Lipinski definition) is 2. The van der Waals surface area contributed by atoms with E-state index in [9.17, 15) is 4.79 Å².